The highest BCUT2D eigenvalue weighted by Gasteiger charge is 2.74. The Bertz CT molecular complexity index is 822. The molecule has 0 bridgehead atoms. The summed E-state index contributed by atoms with van der Waals surface area (Å²) >= 11 is 0. The monoisotopic (exact) mass is 340 g/mol. The van der Waals surface area contributed by atoms with Gasteiger partial charge in [-0.3, -0.25) is 0 Å². The summed E-state index contributed by atoms with van der Waals surface area (Å²) in [4.78, 5) is -0.371. The zero-order valence-corrected chi connectivity index (χ0v) is 13.0. The fraction of sp³-hybridized carbons (Fsp3) is 0.200. The highest BCUT2D eigenvalue weighted by atomic mass is 32.3. The maximum absolute atomic E-state index is 14.0. The molecule has 2 aromatic rings. The molecule has 1 aliphatic rings. The lowest BCUT2D eigenvalue weighted by Gasteiger charge is -2.17. The van der Waals surface area contributed by atoms with Crippen molar-refractivity contribution in [1.29, 1.82) is 0 Å². The highest BCUT2D eigenvalue weighted by molar-refractivity contribution is 8.11. The van der Waals surface area contributed by atoms with Crippen LogP contribution in [0.5, 0.6) is 0 Å². The second-order valence-corrected chi connectivity index (χ2v) is 9.79. The van der Waals surface area contributed by atoms with Gasteiger partial charge in [-0.15, -0.1) is 0 Å². The zero-order chi connectivity index (χ0) is 16.0. The van der Waals surface area contributed by atoms with Crippen LogP contribution in [0, 0.1) is 0 Å². The Labute approximate surface area is 128 Å². The molecule has 0 amide bonds. The van der Waals surface area contributed by atoms with Crippen LogP contribution in [0.3, 0.4) is 0 Å². The van der Waals surface area contributed by atoms with Crippen LogP contribution in [0.2, 0.25) is 0 Å². The lowest BCUT2D eigenvalue weighted by molar-refractivity contribution is 0.464. The SMILES string of the molecule is O=S(=O)(c1ccccc1)C1(S(=O)(=O)c2ccccc2)CC1F. The van der Waals surface area contributed by atoms with Gasteiger partial charge in [0.1, 0.15) is 6.17 Å². The van der Waals surface area contributed by atoms with Crippen LogP contribution < -0.4 is 0 Å². The molecular weight excluding hydrogens is 327 g/mol. The summed E-state index contributed by atoms with van der Waals surface area (Å²) in [6.45, 7) is 0. The number of benzene rings is 2. The van der Waals surface area contributed by atoms with E-state index in [4.69, 9.17) is 0 Å². The third-order valence-electron chi connectivity index (χ3n) is 3.80. The van der Waals surface area contributed by atoms with Gasteiger partial charge in [0, 0.05) is 6.42 Å². The van der Waals surface area contributed by atoms with Crippen LogP contribution in [0.1, 0.15) is 6.42 Å². The summed E-state index contributed by atoms with van der Waals surface area (Å²) < 4.78 is 62.5. The molecule has 0 spiro atoms. The molecule has 0 radical (unpaired) electrons. The summed E-state index contributed by atoms with van der Waals surface area (Å²) in [5.41, 5.74) is 0. The standard InChI is InChI=1S/C15H13FO4S2/c16-14-11-15(14,21(17,18)12-7-3-1-4-8-12)22(19,20)13-9-5-2-6-10-13/h1-10,14H,11H2. The van der Waals surface area contributed by atoms with Crippen molar-refractivity contribution >= 4 is 19.7 Å². The maximum atomic E-state index is 14.0. The molecule has 1 fully saturated rings. The Balaban J connectivity index is 2.20. The largest absolute Gasteiger partial charge is 0.244 e. The van der Waals surface area contributed by atoms with Crippen molar-refractivity contribution in [3.05, 3.63) is 60.7 Å². The third kappa shape index (κ3) is 1.92. The molecule has 0 saturated heterocycles. The number of alkyl halides is 1. The van der Waals surface area contributed by atoms with Gasteiger partial charge in [-0.1, -0.05) is 36.4 Å². The van der Waals surface area contributed by atoms with Crippen molar-refractivity contribution in [2.24, 2.45) is 0 Å². The number of hydrogen-bond donors (Lipinski definition) is 0. The number of hydrogen-bond acceptors (Lipinski definition) is 4. The van der Waals surface area contributed by atoms with E-state index in [2.05, 4.69) is 0 Å². The average Bonchev–Trinajstić information content (AvgIpc) is 3.23. The van der Waals surface area contributed by atoms with E-state index in [9.17, 15) is 21.2 Å². The Morgan fingerprint density at radius 3 is 1.36 bits per heavy atom. The van der Waals surface area contributed by atoms with Gasteiger partial charge in [-0.25, -0.2) is 21.2 Å². The van der Waals surface area contributed by atoms with Crippen LogP contribution in [-0.4, -0.2) is 27.1 Å². The number of sulfone groups is 2. The van der Waals surface area contributed by atoms with Crippen molar-refractivity contribution in [1.82, 2.24) is 0 Å². The van der Waals surface area contributed by atoms with E-state index in [0.717, 1.165) is 0 Å². The lowest BCUT2D eigenvalue weighted by atomic mass is 10.4. The summed E-state index contributed by atoms with van der Waals surface area (Å²) in [7, 11) is -8.69. The van der Waals surface area contributed by atoms with Crippen molar-refractivity contribution in [3.63, 3.8) is 0 Å². The molecule has 7 heteroatoms. The van der Waals surface area contributed by atoms with Gasteiger partial charge < -0.3 is 0 Å². The van der Waals surface area contributed by atoms with Crippen molar-refractivity contribution in [2.45, 2.75) is 26.5 Å². The van der Waals surface area contributed by atoms with E-state index >= 15 is 0 Å². The predicted molar refractivity (Wildman–Crippen MR) is 79.5 cm³/mol. The molecule has 1 atom stereocenters. The van der Waals surface area contributed by atoms with E-state index in [-0.39, 0.29) is 9.79 Å². The lowest BCUT2D eigenvalue weighted by Crippen LogP contribution is -2.35. The predicted octanol–water partition coefficient (Wildman–Crippen LogP) is 2.37. The van der Waals surface area contributed by atoms with E-state index < -0.39 is 36.3 Å². The second kappa shape index (κ2) is 4.89. The fourth-order valence-corrected chi connectivity index (χ4v) is 7.46. The average molecular weight is 340 g/mol. The Kier molecular flexibility index (Phi) is 3.37. The van der Waals surface area contributed by atoms with Gasteiger partial charge in [0.2, 0.25) is 23.8 Å². The number of halogens is 1. The van der Waals surface area contributed by atoms with E-state index in [0.29, 0.717) is 0 Å². The molecule has 1 aliphatic carbocycles. The minimum atomic E-state index is -4.35. The topological polar surface area (TPSA) is 68.3 Å². The summed E-state index contributed by atoms with van der Waals surface area (Å²) in [5, 5.41) is 0. The van der Waals surface area contributed by atoms with E-state index in [1.807, 2.05) is 0 Å². The highest BCUT2D eigenvalue weighted by Crippen LogP contribution is 2.55. The molecule has 0 heterocycles. The zero-order valence-electron chi connectivity index (χ0n) is 11.4. The molecule has 22 heavy (non-hydrogen) atoms. The van der Waals surface area contributed by atoms with Crippen molar-refractivity contribution in [2.75, 3.05) is 0 Å². The number of rotatable bonds is 4. The van der Waals surface area contributed by atoms with E-state index in [1.165, 1.54) is 48.5 Å². The smallest absolute Gasteiger partial charge is 0.215 e. The first kappa shape index (κ1) is 15.2. The third-order valence-corrected chi connectivity index (χ3v) is 9.56. The first-order valence-corrected chi connectivity index (χ1v) is 9.54. The van der Waals surface area contributed by atoms with Gasteiger partial charge in [-0.05, 0) is 24.3 Å². The molecule has 0 aromatic heterocycles. The van der Waals surface area contributed by atoms with E-state index in [1.54, 1.807) is 12.1 Å². The van der Waals surface area contributed by atoms with Crippen molar-refractivity contribution < 1.29 is 21.2 Å². The van der Waals surface area contributed by atoms with Crippen LogP contribution in [0.25, 0.3) is 0 Å². The van der Waals surface area contributed by atoms with Gasteiger partial charge >= 0.3 is 0 Å². The molecule has 116 valence electrons. The Morgan fingerprint density at radius 2 is 1.09 bits per heavy atom. The molecule has 1 saturated carbocycles. The van der Waals surface area contributed by atoms with Gasteiger partial charge in [-0.2, -0.15) is 0 Å². The molecule has 3 rings (SSSR count). The first-order valence-electron chi connectivity index (χ1n) is 6.57. The van der Waals surface area contributed by atoms with Gasteiger partial charge in [0.05, 0.1) is 9.79 Å². The van der Waals surface area contributed by atoms with Crippen LogP contribution in [0.4, 0.5) is 4.39 Å². The molecule has 0 aliphatic heterocycles. The molecule has 1 unspecified atom stereocenters. The summed E-state index contributed by atoms with van der Waals surface area (Å²) in [6, 6.07) is 14.2. The van der Waals surface area contributed by atoms with Crippen LogP contribution in [-0.2, 0) is 19.7 Å². The quantitative estimate of drug-likeness (QED) is 0.857. The normalized spacial score (nSPS) is 20.5. The molecular formula is C15H13FO4S2. The summed E-state index contributed by atoms with van der Waals surface area (Å²) in [6.07, 6.45) is -2.47. The second-order valence-electron chi connectivity index (χ2n) is 5.12. The van der Waals surface area contributed by atoms with Gasteiger partial charge in [0.25, 0.3) is 0 Å². The maximum Gasteiger partial charge on any atom is 0.215 e. The minimum absolute atomic E-state index is 0.186. The van der Waals surface area contributed by atoms with Crippen molar-refractivity contribution in [3.8, 4) is 0 Å². The first-order chi connectivity index (χ1) is 10.3. The molecule has 0 N–H and O–H groups in total. The van der Waals surface area contributed by atoms with Crippen LogP contribution >= 0.6 is 0 Å². The van der Waals surface area contributed by atoms with Crippen LogP contribution in [0.15, 0.2) is 70.5 Å². The summed E-state index contributed by atoms with van der Waals surface area (Å²) in [5.74, 6) is 0. The minimum Gasteiger partial charge on any atom is -0.244 e. The fourth-order valence-electron chi connectivity index (χ4n) is 2.49. The Morgan fingerprint density at radius 1 is 0.773 bits per heavy atom. The molecule has 2 aromatic carbocycles. The Hall–Kier alpha value is -1.73. The van der Waals surface area contributed by atoms with Gasteiger partial charge in [0.15, 0.2) is 0 Å². The molecule has 4 nitrogen and oxygen atoms in total.